The van der Waals surface area contributed by atoms with Gasteiger partial charge in [0, 0.05) is 24.4 Å². The van der Waals surface area contributed by atoms with E-state index in [-0.39, 0.29) is 11.7 Å². The molecule has 0 spiro atoms. The van der Waals surface area contributed by atoms with Crippen LogP contribution in [-0.2, 0) is 11.8 Å². The first-order valence-electron chi connectivity index (χ1n) is 7.19. The molecule has 0 bridgehead atoms. The van der Waals surface area contributed by atoms with Gasteiger partial charge in [0.2, 0.25) is 5.91 Å². The van der Waals surface area contributed by atoms with Gasteiger partial charge < -0.3 is 5.32 Å². The number of aromatic nitrogens is 4. The topological polar surface area (TPSA) is 72.7 Å². The minimum atomic E-state index is -0.345. The molecule has 3 rings (SSSR count). The van der Waals surface area contributed by atoms with Gasteiger partial charge in [-0.1, -0.05) is 24.3 Å². The number of carbonyl (C=O) groups is 1. The van der Waals surface area contributed by atoms with Gasteiger partial charge in [0.25, 0.3) is 0 Å². The minimum Gasteiger partial charge on any atom is -0.322 e. The van der Waals surface area contributed by atoms with E-state index < -0.39 is 0 Å². The van der Waals surface area contributed by atoms with Crippen molar-refractivity contribution in [3.05, 3.63) is 66.0 Å². The number of halogens is 1. The van der Waals surface area contributed by atoms with Crippen molar-refractivity contribution in [3.8, 4) is 11.4 Å². The Morgan fingerprint density at radius 2 is 2.04 bits per heavy atom. The van der Waals surface area contributed by atoms with E-state index in [1.165, 1.54) is 18.2 Å². The fourth-order valence-corrected chi connectivity index (χ4v) is 2.18. The minimum absolute atomic E-state index is 0.312. The summed E-state index contributed by atoms with van der Waals surface area (Å²) in [5.74, 6) is -0.0588. The van der Waals surface area contributed by atoms with E-state index in [2.05, 4.69) is 20.8 Å². The highest BCUT2D eigenvalue weighted by molar-refractivity contribution is 6.02. The maximum Gasteiger partial charge on any atom is 0.248 e. The van der Waals surface area contributed by atoms with E-state index in [1.54, 1.807) is 48.1 Å². The summed E-state index contributed by atoms with van der Waals surface area (Å²) in [6.07, 6.45) is 2.90. The first-order chi connectivity index (χ1) is 11.6. The molecule has 0 unspecified atom stereocenters. The highest BCUT2D eigenvalue weighted by atomic mass is 19.1. The number of hydrogen-bond acceptors (Lipinski definition) is 4. The van der Waals surface area contributed by atoms with Crippen LogP contribution in [-0.4, -0.2) is 26.1 Å². The fraction of sp³-hybridized carbons (Fsp3) is 0.0588. The molecule has 120 valence electrons. The lowest BCUT2D eigenvalue weighted by Gasteiger charge is -2.05. The highest BCUT2D eigenvalue weighted by Gasteiger charge is 2.07. The number of carbonyl (C=O) groups excluding carboxylic acids is 1. The molecule has 3 aromatic rings. The maximum atomic E-state index is 13.1. The Morgan fingerprint density at radius 1 is 1.21 bits per heavy atom. The van der Waals surface area contributed by atoms with Crippen molar-refractivity contribution < 1.29 is 9.18 Å². The molecule has 2 aromatic carbocycles. The van der Waals surface area contributed by atoms with Gasteiger partial charge in [-0.15, -0.1) is 5.10 Å². The quantitative estimate of drug-likeness (QED) is 0.749. The van der Waals surface area contributed by atoms with Gasteiger partial charge in [0.15, 0.2) is 5.82 Å². The zero-order valence-electron chi connectivity index (χ0n) is 12.8. The van der Waals surface area contributed by atoms with Crippen molar-refractivity contribution in [2.75, 3.05) is 5.32 Å². The van der Waals surface area contributed by atoms with Gasteiger partial charge in [-0.3, -0.25) is 4.79 Å². The molecule has 0 radical (unpaired) electrons. The van der Waals surface area contributed by atoms with Crippen LogP contribution in [0.25, 0.3) is 17.5 Å². The molecule has 0 fully saturated rings. The lowest BCUT2D eigenvalue weighted by Crippen LogP contribution is -2.07. The SMILES string of the molecule is Cn1nnnc1-c1cccc(NC(=O)/C=C/c2cccc(F)c2)c1. The van der Waals surface area contributed by atoms with E-state index >= 15 is 0 Å². The summed E-state index contributed by atoms with van der Waals surface area (Å²) in [7, 11) is 1.74. The van der Waals surface area contributed by atoms with Crippen molar-refractivity contribution in [2.24, 2.45) is 7.05 Å². The number of tetrazole rings is 1. The third-order valence-electron chi connectivity index (χ3n) is 3.28. The average molecular weight is 323 g/mol. The van der Waals surface area contributed by atoms with Gasteiger partial charge in [-0.25, -0.2) is 9.07 Å². The van der Waals surface area contributed by atoms with Crippen LogP contribution in [0.15, 0.2) is 54.6 Å². The summed E-state index contributed by atoms with van der Waals surface area (Å²) in [6, 6.07) is 13.2. The monoisotopic (exact) mass is 323 g/mol. The van der Waals surface area contributed by atoms with Crippen LogP contribution in [0.5, 0.6) is 0 Å². The van der Waals surface area contributed by atoms with Crippen molar-refractivity contribution in [3.63, 3.8) is 0 Å². The highest BCUT2D eigenvalue weighted by Crippen LogP contribution is 2.19. The number of aryl methyl sites for hydroxylation is 1. The lowest BCUT2D eigenvalue weighted by atomic mass is 10.2. The third-order valence-corrected chi connectivity index (χ3v) is 3.28. The molecule has 0 aliphatic heterocycles. The van der Waals surface area contributed by atoms with Crippen molar-refractivity contribution in [2.45, 2.75) is 0 Å². The standard InChI is InChI=1S/C17H14FN5O/c1-23-17(20-21-22-23)13-5-3-7-15(11-13)19-16(24)9-8-12-4-2-6-14(18)10-12/h2-11H,1H3,(H,19,24)/b9-8+. The zero-order chi connectivity index (χ0) is 16.9. The maximum absolute atomic E-state index is 13.1. The number of anilines is 1. The molecular weight excluding hydrogens is 309 g/mol. The molecule has 1 heterocycles. The van der Waals surface area contributed by atoms with Gasteiger partial charge in [-0.05, 0) is 46.3 Å². The summed E-state index contributed by atoms with van der Waals surface area (Å²) >= 11 is 0. The van der Waals surface area contributed by atoms with Gasteiger partial charge in [-0.2, -0.15) is 0 Å². The first kappa shape index (κ1) is 15.5. The second-order valence-corrected chi connectivity index (χ2v) is 5.08. The van der Waals surface area contributed by atoms with Crippen LogP contribution in [0.1, 0.15) is 5.56 Å². The summed E-state index contributed by atoms with van der Waals surface area (Å²) in [5.41, 5.74) is 2.02. The average Bonchev–Trinajstić information content (AvgIpc) is 2.99. The number of amides is 1. The Kier molecular flexibility index (Phi) is 4.42. The van der Waals surface area contributed by atoms with Crippen LogP contribution < -0.4 is 5.32 Å². The van der Waals surface area contributed by atoms with Crippen molar-refractivity contribution in [1.82, 2.24) is 20.2 Å². The summed E-state index contributed by atoms with van der Waals surface area (Å²) in [5, 5.41) is 14.1. The van der Waals surface area contributed by atoms with Gasteiger partial charge in [0.05, 0.1) is 0 Å². The molecule has 1 amide bonds. The van der Waals surface area contributed by atoms with Crippen LogP contribution >= 0.6 is 0 Å². The molecule has 6 nitrogen and oxygen atoms in total. The van der Waals surface area contributed by atoms with E-state index in [9.17, 15) is 9.18 Å². The predicted octanol–water partition coefficient (Wildman–Crippen LogP) is 2.67. The Bertz CT molecular complexity index is 903. The Labute approximate surface area is 137 Å². The molecule has 1 aromatic heterocycles. The van der Waals surface area contributed by atoms with Crippen LogP contribution in [0, 0.1) is 5.82 Å². The Hall–Kier alpha value is -3.35. The third kappa shape index (κ3) is 3.70. The normalized spacial score (nSPS) is 10.9. The number of hydrogen-bond donors (Lipinski definition) is 1. The molecule has 0 saturated heterocycles. The fourth-order valence-electron chi connectivity index (χ4n) is 2.18. The lowest BCUT2D eigenvalue weighted by molar-refractivity contribution is -0.111. The molecule has 7 heteroatoms. The largest absolute Gasteiger partial charge is 0.322 e. The molecule has 24 heavy (non-hydrogen) atoms. The zero-order valence-corrected chi connectivity index (χ0v) is 12.8. The smallest absolute Gasteiger partial charge is 0.248 e. The summed E-state index contributed by atoms with van der Waals surface area (Å²) in [4.78, 5) is 12.0. The molecule has 0 aliphatic carbocycles. The Balaban J connectivity index is 1.72. The van der Waals surface area contributed by atoms with Crippen LogP contribution in [0.3, 0.4) is 0 Å². The van der Waals surface area contributed by atoms with E-state index in [1.807, 2.05) is 6.07 Å². The summed E-state index contributed by atoms with van der Waals surface area (Å²) in [6.45, 7) is 0. The van der Waals surface area contributed by atoms with Crippen molar-refractivity contribution >= 4 is 17.7 Å². The second-order valence-electron chi connectivity index (χ2n) is 5.08. The molecule has 0 saturated carbocycles. The summed E-state index contributed by atoms with van der Waals surface area (Å²) < 4.78 is 14.6. The number of rotatable bonds is 4. The van der Waals surface area contributed by atoms with E-state index in [0.29, 0.717) is 17.1 Å². The molecular formula is C17H14FN5O. The Morgan fingerprint density at radius 3 is 2.79 bits per heavy atom. The van der Waals surface area contributed by atoms with Crippen LogP contribution in [0.2, 0.25) is 0 Å². The number of benzene rings is 2. The molecule has 0 atom stereocenters. The predicted molar refractivity (Wildman–Crippen MR) is 88.3 cm³/mol. The van der Waals surface area contributed by atoms with Crippen molar-refractivity contribution in [1.29, 1.82) is 0 Å². The van der Waals surface area contributed by atoms with Crippen LogP contribution in [0.4, 0.5) is 10.1 Å². The number of nitrogens with zero attached hydrogens (tertiary/aromatic N) is 4. The van der Waals surface area contributed by atoms with E-state index in [0.717, 1.165) is 5.56 Å². The van der Waals surface area contributed by atoms with Gasteiger partial charge >= 0.3 is 0 Å². The molecule has 1 N–H and O–H groups in total. The first-order valence-corrected chi connectivity index (χ1v) is 7.19. The van der Waals surface area contributed by atoms with Gasteiger partial charge in [0.1, 0.15) is 5.82 Å². The van der Waals surface area contributed by atoms with E-state index in [4.69, 9.17) is 0 Å². The number of nitrogens with one attached hydrogen (secondary N) is 1. The molecule has 0 aliphatic rings. The second kappa shape index (κ2) is 6.82.